The van der Waals surface area contributed by atoms with E-state index in [4.69, 9.17) is 16.3 Å². The zero-order valence-electron chi connectivity index (χ0n) is 15.8. The van der Waals surface area contributed by atoms with E-state index in [0.29, 0.717) is 28.8 Å². The highest BCUT2D eigenvalue weighted by molar-refractivity contribution is 7.13. The average Bonchev–Trinajstić information content (AvgIpc) is 3.48. The van der Waals surface area contributed by atoms with Crippen LogP contribution in [0.25, 0.3) is 0 Å². The van der Waals surface area contributed by atoms with Crippen molar-refractivity contribution in [3.05, 3.63) is 39.3 Å². The highest BCUT2D eigenvalue weighted by Crippen LogP contribution is 2.33. The number of urea groups is 1. The molecule has 4 rings (SSSR count). The summed E-state index contributed by atoms with van der Waals surface area (Å²) in [6, 6.07) is 6.57. The van der Waals surface area contributed by atoms with E-state index in [2.05, 4.69) is 20.8 Å². The quantitative estimate of drug-likeness (QED) is 0.749. The predicted octanol–water partition coefficient (Wildman–Crippen LogP) is 3.47. The Labute approximate surface area is 177 Å². The number of anilines is 1. The first-order valence-electron chi connectivity index (χ1n) is 9.66. The second-order valence-corrected chi connectivity index (χ2v) is 8.52. The van der Waals surface area contributed by atoms with Crippen LogP contribution < -0.4 is 10.6 Å². The molecule has 29 heavy (non-hydrogen) atoms. The Morgan fingerprint density at radius 2 is 2.03 bits per heavy atom. The van der Waals surface area contributed by atoms with Gasteiger partial charge in [-0.05, 0) is 49.9 Å². The Morgan fingerprint density at radius 3 is 2.79 bits per heavy atom. The number of hydrogen-bond donors (Lipinski definition) is 2. The summed E-state index contributed by atoms with van der Waals surface area (Å²) in [6.45, 7) is 1.94. The number of aromatic nitrogens is 2. The van der Waals surface area contributed by atoms with Crippen molar-refractivity contribution in [2.75, 3.05) is 25.0 Å². The molecule has 0 bridgehead atoms. The number of rotatable bonds is 5. The number of nitrogens with zero attached hydrogens (tertiary/aromatic N) is 3. The lowest BCUT2D eigenvalue weighted by atomic mass is 10.2. The number of ether oxygens (including phenoxy) is 1. The fraction of sp³-hybridized carbons (Fsp3) is 0.474. The predicted molar refractivity (Wildman–Crippen MR) is 110 cm³/mol. The van der Waals surface area contributed by atoms with E-state index >= 15 is 0 Å². The van der Waals surface area contributed by atoms with Crippen molar-refractivity contribution in [1.29, 1.82) is 0 Å². The van der Waals surface area contributed by atoms with Gasteiger partial charge < -0.3 is 20.3 Å². The van der Waals surface area contributed by atoms with Crippen molar-refractivity contribution >= 4 is 40.6 Å². The zero-order valence-corrected chi connectivity index (χ0v) is 17.3. The lowest BCUT2D eigenvalue weighted by Gasteiger charge is -2.23. The van der Waals surface area contributed by atoms with Gasteiger partial charge in [-0.3, -0.25) is 4.79 Å². The van der Waals surface area contributed by atoms with Gasteiger partial charge in [-0.15, -0.1) is 10.2 Å². The van der Waals surface area contributed by atoms with E-state index in [1.54, 1.807) is 29.2 Å². The fourth-order valence-electron chi connectivity index (χ4n) is 3.55. The number of amides is 3. The van der Waals surface area contributed by atoms with Gasteiger partial charge in [-0.1, -0.05) is 22.9 Å². The lowest BCUT2D eigenvalue weighted by molar-refractivity contribution is 0.102. The van der Waals surface area contributed by atoms with Crippen molar-refractivity contribution in [2.45, 2.75) is 37.8 Å². The molecular weight excluding hydrogens is 414 g/mol. The summed E-state index contributed by atoms with van der Waals surface area (Å²) in [6.07, 6.45) is 3.82. The molecule has 0 unspecified atom stereocenters. The fourth-order valence-corrected chi connectivity index (χ4v) is 4.57. The van der Waals surface area contributed by atoms with Gasteiger partial charge in [0.2, 0.25) is 5.01 Å². The second-order valence-electron chi connectivity index (χ2n) is 7.08. The van der Waals surface area contributed by atoms with Gasteiger partial charge in [0.1, 0.15) is 5.01 Å². The highest BCUT2D eigenvalue weighted by atomic mass is 35.5. The standard InChI is InChI=1S/C19H22ClN5O3S/c20-12-5-7-13(8-6-12)22-16(26)18-24-23-17(29-18)15-4-1-9-25(15)19(27)21-11-14-3-2-10-28-14/h5-8,14-15H,1-4,9-11H2,(H,21,27)(H,22,26)/t14-,15+/m0/s1. The summed E-state index contributed by atoms with van der Waals surface area (Å²) in [5, 5.41) is 15.5. The maximum atomic E-state index is 12.6. The number of likely N-dealkylation sites (tertiary alicyclic amines) is 1. The highest BCUT2D eigenvalue weighted by Gasteiger charge is 2.33. The molecule has 10 heteroatoms. The molecule has 0 radical (unpaired) electrons. The summed E-state index contributed by atoms with van der Waals surface area (Å²) in [4.78, 5) is 26.8. The van der Waals surface area contributed by atoms with E-state index in [0.717, 1.165) is 32.3 Å². The number of benzene rings is 1. The number of halogens is 1. The molecule has 2 fully saturated rings. The minimum atomic E-state index is -0.330. The summed E-state index contributed by atoms with van der Waals surface area (Å²) in [5.74, 6) is -0.330. The minimum absolute atomic E-state index is 0.102. The number of hydrogen-bond acceptors (Lipinski definition) is 6. The Kier molecular flexibility index (Phi) is 6.27. The molecule has 3 heterocycles. The van der Waals surface area contributed by atoms with Crippen LogP contribution in [-0.2, 0) is 4.74 Å². The van der Waals surface area contributed by atoms with Crippen molar-refractivity contribution in [3.63, 3.8) is 0 Å². The maximum Gasteiger partial charge on any atom is 0.318 e. The van der Waals surface area contributed by atoms with Crippen molar-refractivity contribution in [3.8, 4) is 0 Å². The third-order valence-electron chi connectivity index (χ3n) is 5.04. The molecule has 0 aliphatic carbocycles. The maximum absolute atomic E-state index is 12.6. The molecule has 8 nitrogen and oxygen atoms in total. The van der Waals surface area contributed by atoms with Gasteiger partial charge in [0.15, 0.2) is 0 Å². The average molecular weight is 436 g/mol. The van der Waals surface area contributed by atoms with Crippen LogP contribution >= 0.6 is 22.9 Å². The molecule has 0 spiro atoms. The largest absolute Gasteiger partial charge is 0.376 e. The van der Waals surface area contributed by atoms with Gasteiger partial charge in [0, 0.05) is 30.4 Å². The topological polar surface area (TPSA) is 96.5 Å². The lowest BCUT2D eigenvalue weighted by Crippen LogP contribution is -2.42. The van der Waals surface area contributed by atoms with Crippen LogP contribution in [0.5, 0.6) is 0 Å². The molecular formula is C19H22ClN5O3S. The molecule has 2 saturated heterocycles. The van der Waals surface area contributed by atoms with Crippen LogP contribution in [-0.4, -0.2) is 52.8 Å². The third-order valence-corrected chi connectivity index (χ3v) is 6.32. The zero-order chi connectivity index (χ0) is 20.2. The number of nitrogens with one attached hydrogen (secondary N) is 2. The summed E-state index contributed by atoms with van der Waals surface area (Å²) in [5.41, 5.74) is 0.632. The monoisotopic (exact) mass is 435 g/mol. The normalized spacial score (nSPS) is 21.3. The van der Waals surface area contributed by atoms with Crippen LogP contribution in [0.4, 0.5) is 10.5 Å². The van der Waals surface area contributed by atoms with E-state index in [-0.39, 0.29) is 29.1 Å². The molecule has 3 amide bonds. The molecule has 2 aliphatic heterocycles. The number of carbonyl (C=O) groups excluding carboxylic acids is 2. The van der Waals surface area contributed by atoms with Gasteiger partial charge >= 0.3 is 6.03 Å². The van der Waals surface area contributed by atoms with E-state index in [1.807, 2.05) is 0 Å². The smallest absolute Gasteiger partial charge is 0.318 e. The second kappa shape index (κ2) is 9.06. The van der Waals surface area contributed by atoms with Crippen LogP contribution in [0.2, 0.25) is 5.02 Å². The summed E-state index contributed by atoms with van der Waals surface area (Å²) >= 11 is 7.08. The van der Waals surface area contributed by atoms with Crippen LogP contribution in [0.15, 0.2) is 24.3 Å². The van der Waals surface area contributed by atoms with Gasteiger partial charge in [0.25, 0.3) is 5.91 Å². The first-order chi connectivity index (χ1) is 14.1. The van der Waals surface area contributed by atoms with Crippen molar-refractivity contribution in [2.24, 2.45) is 0 Å². The Bertz CT molecular complexity index is 869. The van der Waals surface area contributed by atoms with E-state index in [9.17, 15) is 9.59 Å². The Balaban J connectivity index is 1.37. The molecule has 1 aromatic carbocycles. The molecule has 1 aromatic heterocycles. The molecule has 2 aromatic rings. The summed E-state index contributed by atoms with van der Waals surface area (Å²) < 4.78 is 5.56. The molecule has 2 N–H and O–H groups in total. The molecule has 2 atom stereocenters. The molecule has 0 saturated carbocycles. The summed E-state index contributed by atoms with van der Waals surface area (Å²) in [7, 11) is 0. The van der Waals surface area contributed by atoms with E-state index in [1.165, 1.54) is 11.3 Å². The first-order valence-corrected chi connectivity index (χ1v) is 10.9. The van der Waals surface area contributed by atoms with Crippen LogP contribution in [0.3, 0.4) is 0 Å². The van der Waals surface area contributed by atoms with E-state index < -0.39 is 0 Å². The first kappa shape index (κ1) is 20.1. The van der Waals surface area contributed by atoms with Crippen molar-refractivity contribution < 1.29 is 14.3 Å². The van der Waals surface area contributed by atoms with Gasteiger partial charge in [-0.2, -0.15) is 0 Å². The molecule has 154 valence electrons. The van der Waals surface area contributed by atoms with Gasteiger partial charge in [0.05, 0.1) is 12.1 Å². The minimum Gasteiger partial charge on any atom is -0.376 e. The van der Waals surface area contributed by atoms with Crippen molar-refractivity contribution in [1.82, 2.24) is 20.4 Å². The number of carbonyl (C=O) groups is 2. The molecule has 2 aliphatic rings. The van der Waals surface area contributed by atoms with Gasteiger partial charge in [-0.25, -0.2) is 4.79 Å². The Morgan fingerprint density at radius 1 is 1.21 bits per heavy atom. The third kappa shape index (κ3) is 4.85. The van der Waals surface area contributed by atoms with Crippen LogP contribution in [0.1, 0.15) is 46.5 Å². The SMILES string of the molecule is O=C(Nc1ccc(Cl)cc1)c1nnc([C@H]2CCCN2C(=O)NC[C@@H]2CCCO2)s1. The van der Waals surface area contributed by atoms with Crippen LogP contribution in [0, 0.1) is 0 Å². The Hall–Kier alpha value is -2.23.